The van der Waals surface area contributed by atoms with E-state index in [1.54, 1.807) is 0 Å². The maximum absolute atomic E-state index is 10.2. The lowest BCUT2D eigenvalue weighted by Crippen LogP contribution is -2.38. The summed E-state index contributed by atoms with van der Waals surface area (Å²) in [6, 6.07) is 7.51. The van der Waals surface area contributed by atoms with Gasteiger partial charge in [-0.2, -0.15) is 5.26 Å². The van der Waals surface area contributed by atoms with Crippen LogP contribution in [0.3, 0.4) is 0 Å². The highest BCUT2D eigenvalue weighted by Crippen LogP contribution is 1.94. The van der Waals surface area contributed by atoms with Crippen LogP contribution in [-0.4, -0.2) is 16.9 Å². The van der Waals surface area contributed by atoms with Crippen LogP contribution in [0.1, 0.15) is 5.56 Å². The van der Waals surface area contributed by atoms with Crippen LogP contribution < -0.4 is 5.46 Å². The summed E-state index contributed by atoms with van der Waals surface area (Å²) in [5.41, 5.74) is 0.405. The highest BCUT2D eigenvalue weighted by molar-refractivity contribution is 6.58. The van der Waals surface area contributed by atoms with Crippen LogP contribution in [0.5, 0.6) is 0 Å². The van der Waals surface area contributed by atoms with Gasteiger partial charge in [-0.3, -0.25) is 10.1 Å². The number of benzene rings is 1. The molecule has 0 aliphatic carbocycles. The second-order valence-corrected chi connectivity index (χ2v) is 2.40. The SMILES string of the molecule is N#Cc1cccc(B(O)[N+](=O)[O-])c1. The van der Waals surface area contributed by atoms with E-state index < -0.39 is 11.9 Å². The summed E-state index contributed by atoms with van der Waals surface area (Å²) in [6.07, 6.45) is 0. The predicted molar refractivity (Wildman–Crippen MR) is 45.8 cm³/mol. The van der Waals surface area contributed by atoms with Crippen molar-refractivity contribution in [2.45, 2.75) is 0 Å². The second kappa shape index (κ2) is 3.69. The maximum Gasteiger partial charge on any atom is 0.747 e. The topological polar surface area (TPSA) is 87.2 Å². The molecular weight excluding hydrogens is 171 g/mol. The maximum atomic E-state index is 10.2. The number of nitriles is 1. The molecule has 0 atom stereocenters. The highest BCUT2D eigenvalue weighted by Gasteiger charge is 2.32. The molecule has 0 amide bonds. The first kappa shape index (κ1) is 9.22. The first-order valence-corrected chi connectivity index (χ1v) is 3.47. The van der Waals surface area contributed by atoms with Gasteiger partial charge in [-0.25, -0.2) is 0 Å². The quantitative estimate of drug-likeness (QED) is 0.374. The molecule has 13 heavy (non-hydrogen) atoms. The molecule has 1 aromatic rings. The summed E-state index contributed by atoms with van der Waals surface area (Å²) in [5, 5.41) is 27.7. The molecule has 0 fully saturated rings. The third kappa shape index (κ3) is 2.04. The fourth-order valence-electron chi connectivity index (χ4n) is 0.891. The van der Waals surface area contributed by atoms with Crippen molar-refractivity contribution in [3.05, 3.63) is 39.9 Å². The molecule has 1 rings (SSSR count). The molecule has 0 saturated heterocycles. The summed E-state index contributed by atoms with van der Waals surface area (Å²) in [6.45, 7) is 0. The monoisotopic (exact) mass is 176 g/mol. The molecule has 0 spiro atoms. The Morgan fingerprint density at radius 3 is 2.85 bits per heavy atom. The van der Waals surface area contributed by atoms with Gasteiger partial charge in [-0.15, -0.1) is 0 Å². The van der Waals surface area contributed by atoms with Crippen LogP contribution >= 0.6 is 0 Å². The third-order valence-corrected chi connectivity index (χ3v) is 1.51. The van der Waals surface area contributed by atoms with Crippen LogP contribution in [0.2, 0.25) is 0 Å². The van der Waals surface area contributed by atoms with Gasteiger partial charge in [0.15, 0.2) is 0 Å². The standard InChI is InChI=1S/C7H5BN2O3/c9-5-6-2-1-3-7(4-6)8(11)10(12)13/h1-4,11H. The van der Waals surface area contributed by atoms with Crippen LogP contribution in [0.15, 0.2) is 24.3 Å². The Morgan fingerprint density at radius 1 is 1.62 bits per heavy atom. The lowest BCUT2D eigenvalue weighted by Gasteiger charge is -1.96. The van der Waals surface area contributed by atoms with Gasteiger partial charge in [0.25, 0.3) is 0 Å². The van der Waals surface area contributed by atoms with Crippen LogP contribution in [0, 0.1) is 21.4 Å². The Labute approximate surface area is 74.5 Å². The molecular formula is C7H5BN2O3. The second-order valence-electron chi connectivity index (χ2n) is 2.40. The van der Waals surface area contributed by atoms with Crippen LogP contribution in [0.25, 0.3) is 0 Å². The number of nitrogens with zero attached hydrogens (tertiary/aromatic N) is 2. The molecule has 0 unspecified atom stereocenters. The Bertz CT molecular complexity index is 374. The van der Waals surface area contributed by atoms with Gasteiger partial charge >= 0.3 is 7.05 Å². The molecule has 0 aliphatic heterocycles. The van der Waals surface area contributed by atoms with Gasteiger partial charge in [0.05, 0.1) is 11.6 Å². The van der Waals surface area contributed by atoms with E-state index in [9.17, 15) is 10.1 Å². The van der Waals surface area contributed by atoms with E-state index in [1.165, 1.54) is 24.3 Å². The Morgan fingerprint density at radius 2 is 2.31 bits per heavy atom. The van der Waals surface area contributed by atoms with Crippen molar-refractivity contribution in [2.75, 3.05) is 0 Å². The summed E-state index contributed by atoms with van der Waals surface area (Å²) in [5.74, 6) is 0. The van der Waals surface area contributed by atoms with Crippen molar-refractivity contribution >= 4 is 12.5 Å². The van der Waals surface area contributed by atoms with E-state index >= 15 is 0 Å². The van der Waals surface area contributed by atoms with Gasteiger partial charge in [-0.05, 0) is 17.0 Å². The van der Waals surface area contributed by atoms with Gasteiger partial charge in [-0.1, -0.05) is 12.1 Å². The van der Waals surface area contributed by atoms with Crippen LogP contribution in [-0.2, 0) is 0 Å². The summed E-state index contributed by atoms with van der Waals surface area (Å²) in [7, 11) is -1.76. The fraction of sp³-hybridized carbons (Fsp3) is 0. The van der Waals surface area contributed by atoms with Crippen molar-refractivity contribution in [1.82, 2.24) is 0 Å². The van der Waals surface area contributed by atoms with Gasteiger partial charge in [0.2, 0.25) is 0 Å². The van der Waals surface area contributed by atoms with E-state index in [0.717, 1.165) is 0 Å². The molecule has 6 heteroatoms. The minimum Gasteiger partial charge on any atom is -0.382 e. The predicted octanol–water partition coefficient (Wildman–Crippen LogP) is -0.478. The summed E-state index contributed by atoms with van der Waals surface area (Å²) < 4.78 is 0. The van der Waals surface area contributed by atoms with E-state index in [1.807, 2.05) is 6.07 Å². The average molecular weight is 176 g/mol. The lowest BCUT2D eigenvalue weighted by molar-refractivity contribution is -0.344. The van der Waals surface area contributed by atoms with Gasteiger partial charge in [0.1, 0.15) is 0 Å². The number of rotatable bonds is 2. The van der Waals surface area contributed by atoms with Crippen molar-refractivity contribution in [2.24, 2.45) is 0 Å². The van der Waals surface area contributed by atoms with E-state index in [2.05, 4.69) is 0 Å². The first-order valence-electron chi connectivity index (χ1n) is 3.47. The number of hydrogen-bond acceptors (Lipinski definition) is 4. The molecule has 1 N–H and O–H groups in total. The lowest BCUT2D eigenvalue weighted by atomic mass is 9.75. The third-order valence-electron chi connectivity index (χ3n) is 1.51. The van der Waals surface area contributed by atoms with Crippen LogP contribution in [0.4, 0.5) is 0 Å². The molecule has 0 aliphatic rings. The van der Waals surface area contributed by atoms with E-state index in [-0.39, 0.29) is 5.46 Å². The average Bonchev–Trinajstić information content (AvgIpc) is 2.16. The normalized spacial score (nSPS) is 8.92. The van der Waals surface area contributed by atoms with Gasteiger partial charge < -0.3 is 5.02 Å². The van der Waals surface area contributed by atoms with Crippen molar-refractivity contribution in [1.29, 1.82) is 5.26 Å². The highest BCUT2D eigenvalue weighted by atomic mass is 16.6. The number of hydrogen-bond donors (Lipinski definition) is 1. The Hall–Kier alpha value is -1.87. The van der Waals surface area contributed by atoms with E-state index in [4.69, 9.17) is 10.3 Å². The zero-order chi connectivity index (χ0) is 9.84. The van der Waals surface area contributed by atoms with E-state index in [0.29, 0.717) is 5.56 Å². The molecule has 0 bridgehead atoms. The minimum atomic E-state index is -1.76. The zero-order valence-corrected chi connectivity index (χ0v) is 6.54. The first-order chi connectivity index (χ1) is 6.15. The molecule has 1 aromatic carbocycles. The summed E-state index contributed by atoms with van der Waals surface area (Å²) >= 11 is 0. The van der Waals surface area contributed by atoms with Gasteiger partial charge in [0, 0.05) is 5.46 Å². The minimum absolute atomic E-state index is 0.115. The molecule has 0 radical (unpaired) electrons. The van der Waals surface area contributed by atoms with Crippen molar-refractivity contribution in [3.8, 4) is 6.07 Å². The molecule has 0 aromatic heterocycles. The largest absolute Gasteiger partial charge is 0.747 e. The Balaban J connectivity index is 3.03. The molecule has 5 nitrogen and oxygen atoms in total. The smallest absolute Gasteiger partial charge is 0.382 e. The Kier molecular flexibility index (Phi) is 2.62. The number of nitro groups is 1. The summed E-state index contributed by atoms with van der Waals surface area (Å²) in [4.78, 5) is 9.35. The molecule has 0 saturated carbocycles. The molecule has 0 heterocycles. The van der Waals surface area contributed by atoms with Crippen molar-refractivity contribution in [3.63, 3.8) is 0 Å². The zero-order valence-electron chi connectivity index (χ0n) is 6.54. The fourth-order valence-corrected chi connectivity index (χ4v) is 0.891. The van der Waals surface area contributed by atoms with Crippen molar-refractivity contribution < 1.29 is 9.86 Å². The molecule has 64 valence electrons.